The van der Waals surface area contributed by atoms with Crippen LogP contribution in [0.1, 0.15) is 47.6 Å². The fraction of sp³-hybridized carbons (Fsp3) is 0.632. The highest BCUT2D eigenvalue weighted by Crippen LogP contribution is 2.15. The molecule has 2 N–H and O–H groups in total. The van der Waals surface area contributed by atoms with Crippen LogP contribution in [0.3, 0.4) is 0 Å². The summed E-state index contributed by atoms with van der Waals surface area (Å²) in [5.41, 5.74) is 3.66. The molecule has 27 heavy (non-hydrogen) atoms. The van der Waals surface area contributed by atoms with E-state index in [1.807, 2.05) is 17.9 Å². The molecule has 0 bridgehead atoms. The predicted molar refractivity (Wildman–Crippen MR) is 126 cm³/mol. The van der Waals surface area contributed by atoms with Crippen LogP contribution in [0.2, 0.25) is 0 Å². The summed E-state index contributed by atoms with van der Waals surface area (Å²) < 4.78 is 1.95. The van der Waals surface area contributed by atoms with Crippen LogP contribution >= 0.6 is 35.3 Å². The van der Waals surface area contributed by atoms with E-state index in [1.54, 1.807) is 11.3 Å². The number of aromatic nitrogens is 3. The molecule has 2 aromatic rings. The molecule has 0 spiro atoms. The van der Waals surface area contributed by atoms with Crippen LogP contribution in [0.15, 0.2) is 11.2 Å². The summed E-state index contributed by atoms with van der Waals surface area (Å²) >= 11 is 1.79. The Morgan fingerprint density at radius 2 is 2.07 bits per heavy atom. The van der Waals surface area contributed by atoms with Gasteiger partial charge in [-0.3, -0.25) is 9.67 Å². The number of nitrogens with zero attached hydrogens (tertiary/aromatic N) is 4. The van der Waals surface area contributed by atoms with Gasteiger partial charge >= 0.3 is 0 Å². The van der Waals surface area contributed by atoms with Crippen molar-refractivity contribution >= 4 is 41.3 Å². The zero-order valence-corrected chi connectivity index (χ0v) is 20.4. The Kier molecular flexibility index (Phi) is 10.3. The second-order valence-electron chi connectivity index (χ2n) is 6.61. The quantitative estimate of drug-likeness (QED) is 0.329. The molecule has 0 aliphatic rings. The first kappa shape index (κ1) is 23.9. The summed E-state index contributed by atoms with van der Waals surface area (Å²) in [6, 6.07) is 0.279. The highest BCUT2D eigenvalue weighted by molar-refractivity contribution is 14.0. The molecule has 2 rings (SSSR count). The first-order valence-electron chi connectivity index (χ1n) is 9.42. The third kappa shape index (κ3) is 7.06. The number of hydrogen-bond donors (Lipinski definition) is 2. The molecule has 0 saturated carbocycles. The fourth-order valence-electron chi connectivity index (χ4n) is 2.91. The highest BCUT2D eigenvalue weighted by atomic mass is 127. The smallest absolute Gasteiger partial charge is 0.191 e. The summed E-state index contributed by atoms with van der Waals surface area (Å²) in [5.74, 6) is 0.867. The Bertz CT molecular complexity index is 737. The molecule has 152 valence electrons. The molecular weight excluding hydrogens is 471 g/mol. The second-order valence-corrected chi connectivity index (χ2v) is 7.81. The van der Waals surface area contributed by atoms with Crippen molar-refractivity contribution in [3.05, 3.63) is 33.0 Å². The van der Waals surface area contributed by atoms with Gasteiger partial charge < -0.3 is 10.6 Å². The Morgan fingerprint density at radius 1 is 1.33 bits per heavy atom. The lowest BCUT2D eigenvalue weighted by atomic mass is 10.1. The lowest BCUT2D eigenvalue weighted by Gasteiger charge is -2.18. The molecule has 0 fully saturated rings. The van der Waals surface area contributed by atoms with Crippen LogP contribution in [0.5, 0.6) is 0 Å². The molecule has 0 aliphatic heterocycles. The zero-order valence-electron chi connectivity index (χ0n) is 17.3. The van der Waals surface area contributed by atoms with Gasteiger partial charge in [0.25, 0.3) is 0 Å². The number of aryl methyl sites for hydroxylation is 3. The molecule has 2 heterocycles. The second kappa shape index (κ2) is 11.6. The molecule has 8 heteroatoms. The van der Waals surface area contributed by atoms with Gasteiger partial charge in [-0.25, -0.2) is 4.98 Å². The molecule has 0 aliphatic carbocycles. The monoisotopic (exact) mass is 504 g/mol. The molecule has 0 aromatic carbocycles. The van der Waals surface area contributed by atoms with Crippen LogP contribution in [0, 0.1) is 13.8 Å². The molecule has 1 atom stereocenters. The van der Waals surface area contributed by atoms with E-state index < -0.39 is 0 Å². The van der Waals surface area contributed by atoms with Crippen molar-refractivity contribution in [1.29, 1.82) is 0 Å². The highest BCUT2D eigenvalue weighted by Gasteiger charge is 2.14. The number of hydrogen-bond acceptors (Lipinski definition) is 4. The first-order valence-corrected chi connectivity index (χ1v) is 10.2. The van der Waals surface area contributed by atoms with Crippen molar-refractivity contribution in [3.63, 3.8) is 0 Å². The summed E-state index contributed by atoms with van der Waals surface area (Å²) in [6.07, 6.45) is 4.85. The third-order valence-electron chi connectivity index (χ3n) is 4.44. The van der Waals surface area contributed by atoms with E-state index in [2.05, 4.69) is 55.3 Å². The van der Waals surface area contributed by atoms with E-state index in [1.165, 1.54) is 16.1 Å². The van der Waals surface area contributed by atoms with Crippen molar-refractivity contribution < 1.29 is 0 Å². The van der Waals surface area contributed by atoms with Gasteiger partial charge in [-0.05, 0) is 46.1 Å². The summed E-state index contributed by atoms with van der Waals surface area (Å²) in [7, 11) is 2.00. The van der Waals surface area contributed by atoms with E-state index in [9.17, 15) is 0 Å². The van der Waals surface area contributed by atoms with Crippen LogP contribution in [-0.2, 0) is 26.3 Å². The van der Waals surface area contributed by atoms with Gasteiger partial charge in [-0.2, -0.15) is 5.10 Å². The number of aliphatic imine (C=N–C) groups is 1. The molecule has 0 saturated heterocycles. The largest absolute Gasteiger partial charge is 0.357 e. The minimum absolute atomic E-state index is 0. The van der Waals surface area contributed by atoms with E-state index in [0.717, 1.165) is 49.0 Å². The van der Waals surface area contributed by atoms with E-state index in [-0.39, 0.29) is 30.0 Å². The Balaban J connectivity index is 0.00000364. The van der Waals surface area contributed by atoms with Crippen LogP contribution < -0.4 is 10.6 Å². The fourth-order valence-corrected chi connectivity index (χ4v) is 3.77. The lowest BCUT2D eigenvalue weighted by Crippen LogP contribution is -2.43. The number of rotatable bonds is 8. The molecule has 1 unspecified atom stereocenters. The number of nitrogens with one attached hydrogen (secondary N) is 2. The summed E-state index contributed by atoms with van der Waals surface area (Å²) in [4.78, 5) is 10.5. The average Bonchev–Trinajstić information content (AvgIpc) is 3.15. The van der Waals surface area contributed by atoms with Gasteiger partial charge in [0.1, 0.15) is 0 Å². The lowest BCUT2D eigenvalue weighted by molar-refractivity contribution is 0.635. The number of halogens is 1. The summed E-state index contributed by atoms with van der Waals surface area (Å²) in [6.45, 7) is 12.2. The van der Waals surface area contributed by atoms with Crippen LogP contribution in [0.4, 0.5) is 0 Å². The van der Waals surface area contributed by atoms with Gasteiger partial charge in [0.15, 0.2) is 5.96 Å². The third-order valence-corrected chi connectivity index (χ3v) is 5.64. The Hall–Kier alpha value is -1.16. The Labute approximate surface area is 184 Å². The van der Waals surface area contributed by atoms with Crippen molar-refractivity contribution in [2.24, 2.45) is 12.0 Å². The Morgan fingerprint density at radius 3 is 2.63 bits per heavy atom. The first-order chi connectivity index (χ1) is 12.4. The number of thiazole rings is 1. The minimum atomic E-state index is 0. The van der Waals surface area contributed by atoms with Gasteiger partial charge in [-0.15, -0.1) is 35.3 Å². The maximum absolute atomic E-state index is 4.72. The SMILES string of the molecule is CCNC(=NCCc1ncc(CC)s1)NC(C)Cc1c(C)nn(C)c1C.I. The van der Waals surface area contributed by atoms with Crippen molar-refractivity contribution in [1.82, 2.24) is 25.4 Å². The molecule has 0 radical (unpaired) electrons. The molecule has 0 amide bonds. The van der Waals surface area contributed by atoms with Crippen molar-refractivity contribution in [2.45, 2.75) is 59.9 Å². The predicted octanol–water partition coefficient (Wildman–Crippen LogP) is 3.40. The zero-order chi connectivity index (χ0) is 19.1. The van der Waals surface area contributed by atoms with Gasteiger partial charge in [-0.1, -0.05) is 6.92 Å². The molecular formula is C19H33IN6S. The topological polar surface area (TPSA) is 67.1 Å². The van der Waals surface area contributed by atoms with Gasteiger partial charge in [0.05, 0.1) is 10.7 Å². The molecule has 6 nitrogen and oxygen atoms in total. The standard InChI is InChI=1S/C19H32N6S.HI/c1-7-16-12-22-18(26-16)9-10-21-19(20-8-2)23-13(3)11-17-14(4)24-25(6)15(17)5;/h12-13H,7-11H2,1-6H3,(H2,20,21,23);1H. The minimum Gasteiger partial charge on any atom is -0.357 e. The van der Waals surface area contributed by atoms with Crippen molar-refractivity contribution in [3.8, 4) is 0 Å². The normalized spacial score (nSPS) is 12.6. The number of guanidine groups is 1. The maximum atomic E-state index is 4.72. The average molecular weight is 504 g/mol. The van der Waals surface area contributed by atoms with E-state index in [0.29, 0.717) is 0 Å². The van der Waals surface area contributed by atoms with Gasteiger partial charge in [0.2, 0.25) is 0 Å². The van der Waals surface area contributed by atoms with Crippen LogP contribution in [0.25, 0.3) is 0 Å². The maximum Gasteiger partial charge on any atom is 0.191 e. The van der Waals surface area contributed by atoms with E-state index in [4.69, 9.17) is 4.99 Å². The summed E-state index contributed by atoms with van der Waals surface area (Å²) in [5, 5.41) is 12.5. The van der Waals surface area contributed by atoms with E-state index >= 15 is 0 Å². The van der Waals surface area contributed by atoms with Crippen LogP contribution in [-0.4, -0.2) is 39.9 Å². The van der Waals surface area contributed by atoms with Gasteiger partial charge in [0, 0.05) is 49.4 Å². The van der Waals surface area contributed by atoms with Crippen molar-refractivity contribution in [2.75, 3.05) is 13.1 Å². The molecule has 2 aromatic heterocycles.